The monoisotopic (exact) mass is 424 g/mol. The van der Waals surface area contributed by atoms with Gasteiger partial charge in [-0.25, -0.2) is 4.79 Å². The molecular formula is C17H17ClN4O5S. The number of thioether (sulfide) groups is 1. The van der Waals surface area contributed by atoms with E-state index in [1.165, 1.54) is 36.6 Å². The van der Waals surface area contributed by atoms with Crippen LogP contribution in [0.2, 0.25) is 5.02 Å². The van der Waals surface area contributed by atoms with Crippen molar-refractivity contribution in [1.29, 1.82) is 0 Å². The standard InChI is InChI=1S/C17H17ClN4O5S/c1-21-15(26-2)8-14(23)22(17(21)25)9-13-19-12(20-27-13)7-16(24)28-11-5-3-10(18)4-6-11/h3-6,8,16,24H,7,9H2,1-2H3/t16-/m1/s1. The number of halogens is 1. The van der Waals surface area contributed by atoms with E-state index >= 15 is 0 Å². The fourth-order valence-corrected chi connectivity index (χ4v) is 3.40. The van der Waals surface area contributed by atoms with E-state index in [1.54, 1.807) is 24.3 Å². The summed E-state index contributed by atoms with van der Waals surface area (Å²) in [5.74, 6) is 0.505. The molecule has 2 heterocycles. The van der Waals surface area contributed by atoms with Gasteiger partial charge in [-0.3, -0.25) is 13.9 Å². The van der Waals surface area contributed by atoms with Gasteiger partial charge in [0.15, 0.2) is 5.82 Å². The van der Waals surface area contributed by atoms with Crippen molar-refractivity contribution in [3.8, 4) is 5.88 Å². The number of ether oxygens (including phenoxy) is 1. The number of aliphatic hydroxyl groups excluding tert-OH is 1. The lowest BCUT2D eigenvalue weighted by Crippen LogP contribution is -2.39. The Morgan fingerprint density at radius 3 is 2.71 bits per heavy atom. The number of benzene rings is 1. The van der Waals surface area contributed by atoms with Gasteiger partial charge in [-0.05, 0) is 24.3 Å². The van der Waals surface area contributed by atoms with Crippen molar-refractivity contribution in [1.82, 2.24) is 19.3 Å². The number of aliphatic hydroxyl groups is 1. The van der Waals surface area contributed by atoms with Gasteiger partial charge in [-0.15, -0.1) is 0 Å². The van der Waals surface area contributed by atoms with E-state index in [0.29, 0.717) is 5.02 Å². The minimum Gasteiger partial charge on any atom is -0.482 e. The summed E-state index contributed by atoms with van der Waals surface area (Å²) in [6.45, 7) is -0.178. The van der Waals surface area contributed by atoms with Crippen molar-refractivity contribution in [3.05, 3.63) is 67.9 Å². The number of aromatic nitrogens is 4. The van der Waals surface area contributed by atoms with Crippen LogP contribution in [-0.2, 0) is 20.0 Å². The molecule has 28 heavy (non-hydrogen) atoms. The summed E-state index contributed by atoms with van der Waals surface area (Å²) in [5.41, 5.74) is -1.91. The Morgan fingerprint density at radius 1 is 1.32 bits per heavy atom. The molecule has 0 saturated heterocycles. The zero-order valence-electron chi connectivity index (χ0n) is 15.0. The first-order valence-electron chi connectivity index (χ1n) is 8.14. The average Bonchev–Trinajstić information content (AvgIpc) is 3.10. The van der Waals surface area contributed by atoms with Crippen molar-refractivity contribution in [2.24, 2.45) is 7.05 Å². The lowest BCUT2D eigenvalue weighted by molar-refractivity contribution is 0.258. The highest BCUT2D eigenvalue weighted by Gasteiger charge is 2.16. The second-order valence-electron chi connectivity index (χ2n) is 5.79. The summed E-state index contributed by atoms with van der Waals surface area (Å²) in [5, 5.41) is 14.6. The predicted molar refractivity (Wildman–Crippen MR) is 103 cm³/mol. The number of methoxy groups -OCH3 is 1. The lowest BCUT2D eigenvalue weighted by Gasteiger charge is -2.08. The van der Waals surface area contributed by atoms with Gasteiger partial charge in [0.1, 0.15) is 12.0 Å². The Balaban J connectivity index is 1.69. The fraction of sp³-hybridized carbons (Fsp3) is 0.294. The van der Waals surface area contributed by atoms with E-state index in [9.17, 15) is 14.7 Å². The molecule has 0 spiro atoms. The van der Waals surface area contributed by atoms with Crippen LogP contribution in [0.1, 0.15) is 11.7 Å². The molecule has 0 aliphatic carbocycles. The van der Waals surface area contributed by atoms with E-state index in [1.807, 2.05) is 0 Å². The molecule has 1 aromatic carbocycles. The third kappa shape index (κ3) is 4.64. The molecular weight excluding hydrogens is 408 g/mol. The highest BCUT2D eigenvalue weighted by molar-refractivity contribution is 7.99. The van der Waals surface area contributed by atoms with E-state index in [2.05, 4.69) is 10.1 Å². The average molecular weight is 425 g/mol. The molecule has 0 radical (unpaired) electrons. The third-order valence-electron chi connectivity index (χ3n) is 3.82. The van der Waals surface area contributed by atoms with Crippen molar-refractivity contribution in [3.63, 3.8) is 0 Å². The lowest BCUT2D eigenvalue weighted by atomic mass is 10.4. The molecule has 0 amide bonds. The van der Waals surface area contributed by atoms with Gasteiger partial charge in [-0.1, -0.05) is 28.5 Å². The summed E-state index contributed by atoms with van der Waals surface area (Å²) < 4.78 is 12.2. The molecule has 9 nitrogen and oxygen atoms in total. The van der Waals surface area contributed by atoms with Crippen LogP contribution in [0.15, 0.2) is 49.3 Å². The number of hydrogen-bond acceptors (Lipinski definition) is 8. The second kappa shape index (κ2) is 8.63. The van der Waals surface area contributed by atoms with Crippen LogP contribution in [0.5, 0.6) is 5.88 Å². The molecule has 2 aromatic heterocycles. The Bertz CT molecular complexity index is 1080. The molecule has 0 aliphatic rings. The number of rotatable bonds is 7. The van der Waals surface area contributed by atoms with Gasteiger partial charge in [-0.2, -0.15) is 4.98 Å². The van der Waals surface area contributed by atoms with Crippen LogP contribution in [0, 0.1) is 0 Å². The maximum atomic E-state index is 12.3. The number of nitrogens with zero attached hydrogens (tertiary/aromatic N) is 4. The zero-order valence-corrected chi connectivity index (χ0v) is 16.6. The first-order chi connectivity index (χ1) is 13.4. The van der Waals surface area contributed by atoms with Crippen molar-refractivity contribution < 1.29 is 14.4 Å². The quantitative estimate of drug-likeness (QED) is 0.446. The van der Waals surface area contributed by atoms with Crippen molar-refractivity contribution in [2.45, 2.75) is 23.3 Å². The molecule has 1 N–H and O–H groups in total. The minimum atomic E-state index is -0.803. The summed E-state index contributed by atoms with van der Waals surface area (Å²) in [4.78, 5) is 29.4. The molecule has 0 aliphatic heterocycles. The van der Waals surface area contributed by atoms with Crippen LogP contribution < -0.4 is 16.0 Å². The third-order valence-corrected chi connectivity index (χ3v) is 5.05. The molecule has 3 rings (SSSR count). The first kappa shape index (κ1) is 20.2. The molecule has 0 fully saturated rings. The molecule has 148 valence electrons. The fourth-order valence-electron chi connectivity index (χ4n) is 2.43. The van der Waals surface area contributed by atoms with E-state index in [0.717, 1.165) is 9.46 Å². The Hall–Kier alpha value is -2.56. The summed E-state index contributed by atoms with van der Waals surface area (Å²) >= 11 is 7.06. The smallest absolute Gasteiger partial charge is 0.334 e. The summed E-state index contributed by atoms with van der Waals surface area (Å²) in [6, 6.07) is 8.25. The van der Waals surface area contributed by atoms with Gasteiger partial charge < -0.3 is 14.4 Å². The van der Waals surface area contributed by atoms with Crippen LogP contribution in [0.25, 0.3) is 0 Å². The molecule has 11 heteroatoms. The van der Waals surface area contributed by atoms with Gasteiger partial charge in [0.05, 0.1) is 13.2 Å². The normalized spacial score (nSPS) is 12.1. The van der Waals surface area contributed by atoms with Crippen LogP contribution in [0.4, 0.5) is 0 Å². The maximum absolute atomic E-state index is 12.3. The maximum Gasteiger partial charge on any atom is 0.334 e. The van der Waals surface area contributed by atoms with Crippen molar-refractivity contribution >= 4 is 23.4 Å². The summed E-state index contributed by atoms with van der Waals surface area (Å²) in [7, 11) is 2.86. The predicted octanol–water partition coefficient (Wildman–Crippen LogP) is 1.29. The van der Waals surface area contributed by atoms with E-state index < -0.39 is 16.7 Å². The molecule has 1 atom stereocenters. The van der Waals surface area contributed by atoms with Gasteiger partial charge >= 0.3 is 5.69 Å². The zero-order chi connectivity index (χ0) is 20.3. The SMILES string of the molecule is COc1cc(=O)n(Cc2nc(C[C@H](O)Sc3ccc(Cl)cc3)no2)c(=O)n1C. The Labute approximate surface area is 168 Å². The molecule has 0 saturated carbocycles. The Morgan fingerprint density at radius 2 is 2.04 bits per heavy atom. The van der Waals surface area contributed by atoms with Crippen LogP contribution >= 0.6 is 23.4 Å². The van der Waals surface area contributed by atoms with Crippen LogP contribution in [0.3, 0.4) is 0 Å². The Kier molecular flexibility index (Phi) is 6.22. The van der Waals surface area contributed by atoms with E-state index in [4.69, 9.17) is 20.9 Å². The van der Waals surface area contributed by atoms with Gasteiger partial charge in [0.25, 0.3) is 5.56 Å². The molecule has 0 bridgehead atoms. The number of hydrogen-bond donors (Lipinski definition) is 1. The second-order valence-corrected chi connectivity index (χ2v) is 7.48. The molecule has 0 unspecified atom stereocenters. The summed E-state index contributed by atoms with van der Waals surface area (Å²) in [6.07, 6.45) is 0.131. The van der Waals surface area contributed by atoms with E-state index in [-0.39, 0.29) is 30.6 Å². The molecule has 3 aromatic rings. The van der Waals surface area contributed by atoms with Gasteiger partial charge in [0.2, 0.25) is 11.8 Å². The van der Waals surface area contributed by atoms with Crippen molar-refractivity contribution in [2.75, 3.05) is 7.11 Å². The van der Waals surface area contributed by atoms with Crippen LogP contribution in [-0.4, -0.2) is 36.9 Å². The minimum absolute atomic E-state index is 0.0862. The largest absolute Gasteiger partial charge is 0.482 e. The first-order valence-corrected chi connectivity index (χ1v) is 9.39. The highest BCUT2D eigenvalue weighted by atomic mass is 35.5. The highest BCUT2D eigenvalue weighted by Crippen LogP contribution is 2.25. The van der Waals surface area contributed by atoms with Gasteiger partial charge in [0, 0.05) is 23.4 Å². The topological polar surface area (TPSA) is 112 Å².